The highest BCUT2D eigenvalue weighted by Gasteiger charge is 2.09. The van der Waals surface area contributed by atoms with E-state index in [1.807, 2.05) is 13.8 Å². The summed E-state index contributed by atoms with van der Waals surface area (Å²) in [6, 6.07) is -1.10. The first-order chi connectivity index (χ1) is 6.43. The smallest absolute Gasteiger partial charge is 0.305 e. The topological polar surface area (TPSA) is 92.5 Å². The maximum Gasteiger partial charge on any atom is 0.305 e. The summed E-state index contributed by atoms with van der Waals surface area (Å²) in [6.07, 6.45) is 0.0706. The Balaban J connectivity index is 3.59. The number of ether oxygens (including phenoxy) is 1. The maximum atomic E-state index is 11.0. The Labute approximate surface area is 83.2 Å². The van der Waals surface area contributed by atoms with Crippen LogP contribution in [0.3, 0.4) is 0 Å². The van der Waals surface area contributed by atoms with Gasteiger partial charge in [0.05, 0.1) is 12.6 Å². The van der Waals surface area contributed by atoms with Crippen LogP contribution in [0.15, 0.2) is 0 Å². The van der Waals surface area contributed by atoms with E-state index in [1.165, 1.54) is 0 Å². The number of nitrogens with two attached hydrogens (primary N) is 1. The number of carboxylic acids is 1. The van der Waals surface area contributed by atoms with Crippen molar-refractivity contribution in [2.75, 3.05) is 6.61 Å². The van der Waals surface area contributed by atoms with Crippen molar-refractivity contribution >= 4 is 11.9 Å². The highest BCUT2D eigenvalue weighted by atomic mass is 16.5. The minimum atomic E-state index is -1.35. The van der Waals surface area contributed by atoms with E-state index in [2.05, 4.69) is 0 Å². The molecule has 0 saturated carbocycles. The second-order valence-corrected chi connectivity index (χ2v) is 3.54. The number of esters is 1. The van der Waals surface area contributed by atoms with E-state index in [4.69, 9.17) is 10.5 Å². The first kappa shape index (κ1) is 12.9. The van der Waals surface area contributed by atoms with Crippen LogP contribution in [0, 0.1) is 5.92 Å². The van der Waals surface area contributed by atoms with Crippen LogP contribution in [0.1, 0.15) is 26.7 Å². The summed E-state index contributed by atoms with van der Waals surface area (Å²) in [5.74, 6) is -1.49. The molecule has 82 valence electrons. The van der Waals surface area contributed by atoms with E-state index < -0.39 is 18.0 Å². The van der Waals surface area contributed by atoms with Crippen LogP contribution >= 0.6 is 0 Å². The van der Waals surface area contributed by atoms with Crippen molar-refractivity contribution < 1.29 is 19.4 Å². The zero-order valence-electron chi connectivity index (χ0n) is 8.49. The third kappa shape index (κ3) is 6.42. The van der Waals surface area contributed by atoms with E-state index >= 15 is 0 Å². The zero-order valence-corrected chi connectivity index (χ0v) is 8.49. The van der Waals surface area contributed by atoms with Crippen molar-refractivity contribution in [1.82, 2.24) is 0 Å². The third-order valence-corrected chi connectivity index (χ3v) is 1.54. The molecule has 0 rings (SSSR count). The van der Waals surface area contributed by atoms with E-state index in [-0.39, 0.29) is 18.8 Å². The van der Waals surface area contributed by atoms with Gasteiger partial charge in [-0.25, -0.2) is 0 Å². The molecular weight excluding hydrogens is 186 g/mol. The number of hydrogen-bond acceptors (Lipinski definition) is 5. The summed E-state index contributed by atoms with van der Waals surface area (Å²) in [5, 5.41) is 10.2. The van der Waals surface area contributed by atoms with Gasteiger partial charge in [-0.05, 0) is 12.3 Å². The highest BCUT2D eigenvalue weighted by molar-refractivity contribution is 5.73. The zero-order chi connectivity index (χ0) is 11.1. The van der Waals surface area contributed by atoms with E-state index in [9.17, 15) is 14.7 Å². The fourth-order valence-electron chi connectivity index (χ4n) is 0.723. The molecule has 0 bridgehead atoms. The predicted octanol–water partition coefficient (Wildman–Crippen LogP) is -0.957. The van der Waals surface area contributed by atoms with Gasteiger partial charge in [-0.2, -0.15) is 0 Å². The molecule has 0 spiro atoms. The largest absolute Gasteiger partial charge is 0.548 e. The van der Waals surface area contributed by atoms with Gasteiger partial charge in [-0.3, -0.25) is 4.79 Å². The average molecular weight is 202 g/mol. The lowest BCUT2D eigenvalue weighted by atomic mass is 10.2. The molecule has 0 radical (unpaired) electrons. The van der Waals surface area contributed by atoms with Crippen molar-refractivity contribution in [2.45, 2.75) is 32.7 Å². The molecule has 5 nitrogen and oxygen atoms in total. The molecule has 0 aliphatic heterocycles. The van der Waals surface area contributed by atoms with Gasteiger partial charge >= 0.3 is 5.97 Å². The maximum absolute atomic E-state index is 11.0. The summed E-state index contributed by atoms with van der Waals surface area (Å²) in [7, 11) is 0. The molecule has 0 fully saturated rings. The molecule has 0 amide bonds. The fourth-order valence-corrected chi connectivity index (χ4v) is 0.723. The van der Waals surface area contributed by atoms with Crippen LogP contribution < -0.4 is 10.8 Å². The van der Waals surface area contributed by atoms with Crippen LogP contribution in [-0.4, -0.2) is 24.6 Å². The summed E-state index contributed by atoms with van der Waals surface area (Å²) >= 11 is 0. The molecule has 0 aliphatic rings. The number of hydrogen-bond donors (Lipinski definition) is 1. The monoisotopic (exact) mass is 202 g/mol. The first-order valence-corrected chi connectivity index (χ1v) is 4.55. The molecule has 2 N–H and O–H groups in total. The lowest BCUT2D eigenvalue weighted by Gasteiger charge is -2.12. The van der Waals surface area contributed by atoms with Crippen molar-refractivity contribution in [2.24, 2.45) is 11.7 Å². The Bertz CT molecular complexity index is 203. The predicted molar refractivity (Wildman–Crippen MR) is 48.0 cm³/mol. The molecule has 0 aromatic carbocycles. The van der Waals surface area contributed by atoms with E-state index in [0.29, 0.717) is 6.61 Å². The Morgan fingerprint density at radius 1 is 1.43 bits per heavy atom. The lowest BCUT2D eigenvalue weighted by molar-refractivity contribution is -0.307. The number of carbonyl (C=O) groups excluding carboxylic acids is 2. The molecule has 14 heavy (non-hydrogen) atoms. The molecule has 0 heterocycles. The van der Waals surface area contributed by atoms with Crippen LogP contribution in [0.5, 0.6) is 0 Å². The van der Waals surface area contributed by atoms with Crippen molar-refractivity contribution in [1.29, 1.82) is 0 Å². The summed E-state index contributed by atoms with van der Waals surface area (Å²) in [6.45, 7) is 4.18. The van der Waals surface area contributed by atoms with Crippen molar-refractivity contribution in [3.05, 3.63) is 0 Å². The summed E-state index contributed by atoms with van der Waals surface area (Å²) in [4.78, 5) is 21.2. The third-order valence-electron chi connectivity index (χ3n) is 1.54. The van der Waals surface area contributed by atoms with E-state index in [1.54, 1.807) is 0 Å². The Morgan fingerprint density at radius 3 is 2.43 bits per heavy atom. The molecule has 5 heteroatoms. The average Bonchev–Trinajstić information content (AvgIpc) is 2.10. The van der Waals surface area contributed by atoms with Crippen molar-refractivity contribution in [3.63, 3.8) is 0 Å². The van der Waals surface area contributed by atoms with Crippen LogP contribution in [0.25, 0.3) is 0 Å². The highest BCUT2D eigenvalue weighted by Crippen LogP contribution is 1.99. The molecule has 0 aromatic heterocycles. The van der Waals surface area contributed by atoms with Gasteiger partial charge in [0.1, 0.15) is 0 Å². The standard InChI is InChI=1S/C9H17NO4/c1-6(2)5-14-8(11)4-3-7(10)9(12)13/h6-7H,3-5,10H2,1-2H3,(H,12,13)/p-1/t7-/m0/s1. The van der Waals surface area contributed by atoms with Gasteiger partial charge in [0.2, 0.25) is 0 Å². The second kappa shape index (κ2) is 6.37. The molecular formula is C9H16NO4-. The van der Waals surface area contributed by atoms with Crippen LogP contribution in [0.2, 0.25) is 0 Å². The van der Waals surface area contributed by atoms with E-state index in [0.717, 1.165) is 0 Å². The van der Waals surface area contributed by atoms with Crippen molar-refractivity contribution in [3.8, 4) is 0 Å². The number of carboxylic acid groups (broad SMARTS) is 1. The number of carbonyl (C=O) groups is 2. The fraction of sp³-hybridized carbons (Fsp3) is 0.778. The van der Waals surface area contributed by atoms with Crippen LogP contribution in [0.4, 0.5) is 0 Å². The molecule has 0 aliphatic carbocycles. The normalized spacial score (nSPS) is 12.6. The number of aliphatic carboxylic acids is 1. The Kier molecular flexibility index (Phi) is 5.87. The van der Waals surface area contributed by atoms with Gasteiger partial charge in [-0.15, -0.1) is 0 Å². The quantitative estimate of drug-likeness (QED) is 0.560. The lowest BCUT2D eigenvalue weighted by Crippen LogP contribution is -2.42. The Morgan fingerprint density at radius 2 is 2.00 bits per heavy atom. The van der Waals surface area contributed by atoms with Gasteiger partial charge < -0.3 is 20.4 Å². The molecule has 1 atom stereocenters. The molecule has 0 unspecified atom stereocenters. The van der Waals surface area contributed by atoms with Gasteiger partial charge in [-0.1, -0.05) is 13.8 Å². The first-order valence-electron chi connectivity index (χ1n) is 4.55. The van der Waals surface area contributed by atoms with Gasteiger partial charge in [0, 0.05) is 12.5 Å². The summed E-state index contributed by atoms with van der Waals surface area (Å²) in [5.41, 5.74) is 5.15. The number of rotatable bonds is 6. The minimum absolute atomic E-state index is 0.0157. The minimum Gasteiger partial charge on any atom is -0.548 e. The molecule has 0 aromatic rings. The second-order valence-electron chi connectivity index (χ2n) is 3.54. The van der Waals surface area contributed by atoms with Gasteiger partial charge in [0.15, 0.2) is 0 Å². The Hall–Kier alpha value is -1.10. The molecule has 0 saturated heterocycles. The summed E-state index contributed by atoms with van der Waals surface area (Å²) < 4.78 is 4.83. The van der Waals surface area contributed by atoms with Crippen LogP contribution in [-0.2, 0) is 14.3 Å². The SMILES string of the molecule is CC(C)COC(=O)CC[C@H](N)C(=O)[O-]. The van der Waals surface area contributed by atoms with Gasteiger partial charge in [0.25, 0.3) is 0 Å².